The van der Waals surface area contributed by atoms with E-state index in [1.165, 1.54) is 0 Å². The zero-order chi connectivity index (χ0) is 11.3. The molecule has 0 aromatic carbocycles. The second-order valence-corrected chi connectivity index (χ2v) is 5.91. The van der Waals surface area contributed by atoms with Crippen LogP contribution in [-0.4, -0.2) is 34.7 Å². The van der Waals surface area contributed by atoms with Crippen molar-refractivity contribution in [1.82, 2.24) is 5.43 Å². The molecule has 1 heterocycles. The standard InChI is InChI=1S/C8H15F3N2S2/c9-8(10,11)2-1-6(13-12)7-5-14-3-4-15-7/h6-7,13H,1-5,12H2. The molecule has 90 valence electrons. The molecule has 3 N–H and O–H groups in total. The molecule has 2 unspecified atom stereocenters. The molecule has 15 heavy (non-hydrogen) atoms. The molecule has 0 amide bonds. The number of halogens is 3. The summed E-state index contributed by atoms with van der Waals surface area (Å²) in [6, 6.07) is -0.232. The van der Waals surface area contributed by atoms with E-state index in [1.807, 2.05) is 0 Å². The van der Waals surface area contributed by atoms with Gasteiger partial charge in [0.05, 0.1) is 0 Å². The van der Waals surface area contributed by atoms with Crippen LogP contribution in [0.25, 0.3) is 0 Å². The van der Waals surface area contributed by atoms with Gasteiger partial charge in [0.2, 0.25) is 0 Å². The van der Waals surface area contributed by atoms with Gasteiger partial charge >= 0.3 is 6.18 Å². The number of nitrogens with two attached hydrogens (primary N) is 1. The third-order valence-corrected chi connectivity index (χ3v) is 5.16. The molecule has 2 atom stereocenters. The van der Waals surface area contributed by atoms with E-state index in [0.717, 1.165) is 17.3 Å². The Balaban J connectivity index is 2.34. The molecular formula is C8H15F3N2S2. The number of thioether (sulfide) groups is 2. The van der Waals surface area contributed by atoms with Gasteiger partial charge in [0.25, 0.3) is 0 Å². The van der Waals surface area contributed by atoms with Crippen molar-refractivity contribution in [1.29, 1.82) is 0 Å². The van der Waals surface area contributed by atoms with Crippen LogP contribution in [0.1, 0.15) is 12.8 Å². The maximum absolute atomic E-state index is 12.0. The number of hydrogen-bond donors (Lipinski definition) is 2. The van der Waals surface area contributed by atoms with Crippen LogP contribution in [0.2, 0.25) is 0 Å². The van der Waals surface area contributed by atoms with Gasteiger partial charge < -0.3 is 0 Å². The smallest absolute Gasteiger partial charge is 0.271 e. The van der Waals surface area contributed by atoms with Crippen molar-refractivity contribution in [3.63, 3.8) is 0 Å². The minimum atomic E-state index is -4.08. The first-order valence-electron chi connectivity index (χ1n) is 4.75. The molecule has 0 saturated carbocycles. The predicted octanol–water partition coefficient (Wildman–Crippen LogP) is 2.01. The number of hydrogen-bond acceptors (Lipinski definition) is 4. The van der Waals surface area contributed by atoms with Gasteiger partial charge in [-0.15, -0.1) is 0 Å². The summed E-state index contributed by atoms with van der Waals surface area (Å²) in [5, 5.41) is 0.205. The van der Waals surface area contributed by atoms with E-state index < -0.39 is 12.6 Å². The second-order valence-electron chi connectivity index (χ2n) is 3.41. The van der Waals surface area contributed by atoms with Gasteiger partial charge in [-0.3, -0.25) is 11.3 Å². The van der Waals surface area contributed by atoms with Crippen LogP contribution < -0.4 is 11.3 Å². The highest BCUT2D eigenvalue weighted by molar-refractivity contribution is 8.06. The van der Waals surface area contributed by atoms with Gasteiger partial charge in [-0.25, -0.2) is 0 Å². The fraction of sp³-hybridized carbons (Fsp3) is 1.00. The molecule has 0 bridgehead atoms. The Morgan fingerprint density at radius 3 is 2.60 bits per heavy atom. The molecular weight excluding hydrogens is 245 g/mol. The molecule has 1 aliphatic rings. The molecule has 0 aliphatic carbocycles. The van der Waals surface area contributed by atoms with Crippen LogP contribution in [0.15, 0.2) is 0 Å². The van der Waals surface area contributed by atoms with Crippen molar-refractivity contribution in [3.8, 4) is 0 Å². The van der Waals surface area contributed by atoms with E-state index in [1.54, 1.807) is 23.5 Å². The van der Waals surface area contributed by atoms with Crippen molar-refractivity contribution in [2.24, 2.45) is 5.84 Å². The lowest BCUT2D eigenvalue weighted by molar-refractivity contribution is -0.136. The fourth-order valence-corrected chi connectivity index (χ4v) is 4.34. The number of nitrogens with one attached hydrogen (secondary N) is 1. The topological polar surface area (TPSA) is 38.0 Å². The van der Waals surface area contributed by atoms with E-state index in [-0.39, 0.29) is 17.7 Å². The maximum Gasteiger partial charge on any atom is 0.389 e. The van der Waals surface area contributed by atoms with Gasteiger partial charge in [-0.2, -0.15) is 36.7 Å². The summed E-state index contributed by atoms with van der Waals surface area (Å²) in [6.45, 7) is 0. The van der Waals surface area contributed by atoms with Crippen LogP contribution in [-0.2, 0) is 0 Å². The molecule has 1 fully saturated rings. The van der Waals surface area contributed by atoms with Gasteiger partial charge in [0.1, 0.15) is 0 Å². The van der Waals surface area contributed by atoms with E-state index in [9.17, 15) is 13.2 Å². The van der Waals surface area contributed by atoms with Gasteiger partial charge in [-0.1, -0.05) is 0 Å². The average Bonchev–Trinajstić information content (AvgIpc) is 2.19. The highest BCUT2D eigenvalue weighted by atomic mass is 32.2. The van der Waals surface area contributed by atoms with Crippen molar-refractivity contribution in [2.75, 3.05) is 17.3 Å². The average molecular weight is 260 g/mol. The van der Waals surface area contributed by atoms with Crippen LogP contribution in [0.3, 0.4) is 0 Å². The Kier molecular flexibility index (Phi) is 5.59. The Morgan fingerprint density at radius 2 is 2.13 bits per heavy atom. The van der Waals surface area contributed by atoms with E-state index in [2.05, 4.69) is 5.43 Å². The molecule has 1 aliphatic heterocycles. The zero-order valence-corrected chi connectivity index (χ0v) is 9.85. The van der Waals surface area contributed by atoms with E-state index in [0.29, 0.717) is 0 Å². The first kappa shape index (κ1) is 13.5. The molecule has 7 heteroatoms. The van der Waals surface area contributed by atoms with Crippen LogP contribution in [0.4, 0.5) is 13.2 Å². The van der Waals surface area contributed by atoms with E-state index in [4.69, 9.17) is 5.84 Å². The molecule has 0 spiro atoms. The highest BCUT2D eigenvalue weighted by Crippen LogP contribution is 2.30. The summed E-state index contributed by atoms with van der Waals surface area (Å²) in [4.78, 5) is 0. The van der Waals surface area contributed by atoms with Crippen LogP contribution in [0.5, 0.6) is 0 Å². The minimum absolute atomic E-state index is 0.0677. The maximum atomic E-state index is 12.0. The van der Waals surface area contributed by atoms with E-state index >= 15 is 0 Å². The monoisotopic (exact) mass is 260 g/mol. The third kappa shape index (κ3) is 5.33. The van der Waals surface area contributed by atoms with Crippen molar-refractivity contribution >= 4 is 23.5 Å². The first-order chi connectivity index (χ1) is 7.03. The summed E-state index contributed by atoms with van der Waals surface area (Å²) in [7, 11) is 0. The lowest BCUT2D eigenvalue weighted by Gasteiger charge is -2.29. The van der Waals surface area contributed by atoms with Crippen molar-refractivity contribution < 1.29 is 13.2 Å². The molecule has 0 aromatic rings. The lowest BCUT2D eigenvalue weighted by atomic mass is 10.1. The summed E-state index contributed by atoms with van der Waals surface area (Å²) >= 11 is 3.50. The summed E-state index contributed by atoms with van der Waals surface area (Å²) in [5.74, 6) is 8.26. The zero-order valence-electron chi connectivity index (χ0n) is 8.22. The minimum Gasteiger partial charge on any atom is -0.271 e. The predicted molar refractivity (Wildman–Crippen MR) is 60.0 cm³/mol. The quantitative estimate of drug-likeness (QED) is 0.599. The van der Waals surface area contributed by atoms with Crippen molar-refractivity contribution in [2.45, 2.75) is 30.3 Å². The molecule has 1 saturated heterocycles. The Labute approximate surface area is 95.9 Å². The Bertz CT molecular complexity index is 183. The molecule has 0 aromatic heterocycles. The second kappa shape index (κ2) is 6.22. The van der Waals surface area contributed by atoms with Gasteiger partial charge in [0.15, 0.2) is 0 Å². The number of rotatable bonds is 4. The third-order valence-electron chi connectivity index (χ3n) is 2.24. The SMILES string of the molecule is NNC(CCC(F)(F)F)C1CSCCS1. The first-order valence-corrected chi connectivity index (χ1v) is 6.95. The molecule has 2 nitrogen and oxygen atoms in total. The van der Waals surface area contributed by atoms with Crippen molar-refractivity contribution in [3.05, 3.63) is 0 Å². The Hall–Kier alpha value is 0.410. The fourth-order valence-electron chi connectivity index (χ4n) is 1.43. The summed E-state index contributed by atoms with van der Waals surface area (Å²) in [5.41, 5.74) is 2.51. The van der Waals surface area contributed by atoms with Gasteiger partial charge in [0, 0.05) is 35.0 Å². The van der Waals surface area contributed by atoms with Crippen LogP contribution >= 0.6 is 23.5 Å². The normalized spacial score (nSPS) is 25.2. The van der Waals surface area contributed by atoms with Gasteiger partial charge in [-0.05, 0) is 6.42 Å². The summed E-state index contributed by atoms with van der Waals surface area (Å²) in [6.07, 6.45) is -4.77. The Morgan fingerprint density at radius 1 is 1.40 bits per heavy atom. The summed E-state index contributed by atoms with van der Waals surface area (Å²) < 4.78 is 36.1. The highest BCUT2D eigenvalue weighted by Gasteiger charge is 2.31. The van der Waals surface area contributed by atoms with Crippen LogP contribution in [0, 0.1) is 0 Å². The number of hydrazine groups is 1. The number of alkyl halides is 3. The largest absolute Gasteiger partial charge is 0.389 e. The molecule has 1 rings (SSSR count). The molecule has 0 radical (unpaired) electrons. The lowest BCUT2D eigenvalue weighted by Crippen LogP contribution is -2.45.